The summed E-state index contributed by atoms with van der Waals surface area (Å²) < 4.78 is 2.76. The SMILES string of the molecule is CN1CCC(Cn2c(CO)c[nH]c2=S)CC1.ONOO. The number of aliphatic hydroxyl groups excluding tert-OH is 1. The molecule has 0 unspecified atom stereocenters. The molecular formula is C11H22N4O4S. The largest absolute Gasteiger partial charge is 0.390 e. The molecule has 2 rings (SSSR count). The Balaban J connectivity index is 0.000000444. The first-order valence-electron chi connectivity index (χ1n) is 6.38. The van der Waals surface area contributed by atoms with E-state index in [1.165, 1.54) is 12.8 Å². The van der Waals surface area contributed by atoms with Crippen molar-refractivity contribution in [3.8, 4) is 0 Å². The minimum Gasteiger partial charge on any atom is -0.390 e. The Kier molecular flexibility index (Phi) is 7.92. The van der Waals surface area contributed by atoms with Gasteiger partial charge in [0.05, 0.1) is 12.3 Å². The number of hydrogen-bond acceptors (Lipinski definition) is 7. The number of H-pyrrole nitrogens is 1. The number of likely N-dealkylation sites (tertiary alicyclic amines) is 1. The van der Waals surface area contributed by atoms with Gasteiger partial charge in [-0.05, 0) is 56.8 Å². The zero-order chi connectivity index (χ0) is 15.0. The van der Waals surface area contributed by atoms with Crippen LogP contribution in [0.1, 0.15) is 18.5 Å². The summed E-state index contributed by atoms with van der Waals surface area (Å²) in [5.41, 5.74) is 1.88. The Morgan fingerprint density at radius 1 is 1.50 bits per heavy atom. The summed E-state index contributed by atoms with van der Waals surface area (Å²) in [5, 5.41) is 23.4. The summed E-state index contributed by atoms with van der Waals surface area (Å²) in [4.78, 5) is 8.20. The molecule has 116 valence electrons. The summed E-state index contributed by atoms with van der Waals surface area (Å²) in [7, 11) is 2.16. The highest BCUT2D eigenvalue weighted by atomic mass is 32.1. The van der Waals surface area contributed by atoms with E-state index in [-0.39, 0.29) is 6.61 Å². The van der Waals surface area contributed by atoms with Crippen LogP contribution in [0.5, 0.6) is 0 Å². The number of nitrogens with one attached hydrogen (secondary N) is 2. The molecule has 0 amide bonds. The lowest BCUT2D eigenvalue weighted by molar-refractivity contribution is -0.356. The molecule has 0 radical (unpaired) electrons. The zero-order valence-corrected chi connectivity index (χ0v) is 12.3. The van der Waals surface area contributed by atoms with Crippen molar-refractivity contribution in [3.63, 3.8) is 0 Å². The molecule has 9 heteroatoms. The second-order valence-corrected chi connectivity index (χ2v) is 5.17. The molecule has 2 heterocycles. The smallest absolute Gasteiger partial charge is 0.177 e. The number of rotatable bonds is 4. The number of aliphatic hydroxyl groups is 1. The van der Waals surface area contributed by atoms with Crippen LogP contribution in [-0.2, 0) is 18.1 Å². The lowest BCUT2D eigenvalue weighted by Crippen LogP contribution is -2.32. The molecule has 0 aromatic carbocycles. The number of hydrogen-bond donors (Lipinski definition) is 5. The molecule has 0 atom stereocenters. The van der Waals surface area contributed by atoms with Crippen LogP contribution < -0.4 is 5.64 Å². The van der Waals surface area contributed by atoms with Crippen molar-refractivity contribution in [2.75, 3.05) is 20.1 Å². The second kappa shape index (κ2) is 9.19. The van der Waals surface area contributed by atoms with Gasteiger partial charge in [0.1, 0.15) is 0 Å². The van der Waals surface area contributed by atoms with Crippen molar-refractivity contribution in [3.05, 3.63) is 16.7 Å². The molecule has 1 aliphatic rings. The van der Waals surface area contributed by atoms with E-state index in [4.69, 9.17) is 22.7 Å². The molecule has 1 saturated heterocycles. The zero-order valence-electron chi connectivity index (χ0n) is 11.4. The highest BCUT2D eigenvalue weighted by Crippen LogP contribution is 2.19. The van der Waals surface area contributed by atoms with E-state index < -0.39 is 0 Å². The van der Waals surface area contributed by atoms with Crippen molar-refractivity contribution >= 4 is 12.2 Å². The molecule has 0 bridgehead atoms. The Morgan fingerprint density at radius 2 is 2.10 bits per heavy atom. The quantitative estimate of drug-likeness (QED) is 0.317. The van der Waals surface area contributed by atoms with Crippen molar-refractivity contribution in [1.82, 2.24) is 20.1 Å². The van der Waals surface area contributed by atoms with E-state index in [0.29, 0.717) is 5.92 Å². The predicted molar refractivity (Wildman–Crippen MR) is 74.4 cm³/mol. The predicted octanol–water partition coefficient (Wildman–Crippen LogP) is 0.750. The number of aromatic amines is 1. The molecule has 0 aliphatic carbocycles. The fourth-order valence-corrected chi connectivity index (χ4v) is 2.52. The van der Waals surface area contributed by atoms with Crippen molar-refractivity contribution in [1.29, 1.82) is 0 Å². The summed E-state index contributed by atoms with van der Waals surface area (Å²) in [5.74, 6) is 0.684. The van der Waals surface area contributed by atoms with Gasteiger partial charge in [0.15, 0.2) is 4.77 Å². The van der Waals surface area contributed by atoms with E-state index in [1.54, 1.807) is 6.20 Å². The van der Waals surface area contributed by atoms with E-state index >= 15 is 0 Å². The molecule has 5 N–H and O–H groups in total. The number of aromatic nitrogens is 2. The van der Waals surface area contributed by atoms with Crippen molar-refractivity contribution < 1.29 is 20.6 Å². The first-order valence-corrected chi connectivity index (χ1v) is 6.79. The van der Waals surface area contributed by atoms with Gasteiger partial charge in [-0.25, -0.2) is 5.26 Å². The average molecular weight is 306 g/mol. The van der Waals surface area contributed by atoms with Gasteiger partial charge in [-0.15, -0.1) is 4.99 Å². The van der Waals surface area contributed by atoms with Crippen LogP contribution in [0.4, 0.5) is 0 Å². The molecule has 1 aliphatic heterocycles. The third-order valence-corrected chi connectivity index (χ3v) is 3.77. The summed E-state index contributed by atoms with van der Waals surface area (Å²) in [6.07, 6.45) is 4.24. The fraction of sp³-hybridized carbons (Fsp3) is 0.727. The van der Waals surface area contributed by atoms with Gasteiger partial charge in [-0.1, -0.05) is 0 Å². The van der Waals surface area contributed by atoms with Crippen LogP contribution in [-0.4, -0.2) is 50.2 Å². The average Bonchev–Trinajstić information content (AvgIpc) is 2.82. The summed E-state index contributed by atoms with van der Waals surface area (Å²) in [6.45, 7) is 3.32. The summed E-state index contributed by atoms with van der Waals surface area (Å²) >= 11 is 5.22. The fourth-order valence-electron chi connectivity index (χ4n) is 2.27. The van der Waals surface area contributed by atoms with Crippen LogP contribution in [0.2, 0.25) is 0 Å². The standard InChI is InChI=1S/C11H19N3OS.H3NO3/c1-13-4-2-9(3-5-13)7-14-10(8-15)6-12-11(14)16;2-1-4-3/h6,9,15H,2-5,7-8H2,1H3,(H,12,16);1-3H. The van der Waals surface area contributed by atoms with E-state index in [0.717, 1.165) is 35.7 Å². The van der Waals surface area contributed by atoms with Gasteiger partial charge in [0.25, 0.3) is 0 Å². The monoisotopic (exact) mass is 306 g/mol. The van der Waals surface area contributed by atoms with Crippen LogP contribution in [0.3, 0.4) is 0 Å². The topological polar surface area (TPSA) is 106 Å². The van der Waals surface area contributed by atoms with Gasteiger partial charge >= 0.3 is 0 Å². The summed E-state index contributed by atoms with van der Waals surface area (Å²) in [6, 6.07) is 0. The van der Waals surface area contributed by atoms with Gasteiger partial charge < -0.3 is 19.6 Å². The van der Waals surface area contributed by atoms with Crippen molar-refractivity contribution in [2.24, 2.45) is 5.92 Å². The van der Waals surface area contributed by atoms with Crippen LogP contribution in [0.15, 0.2) is 6.20 Å². The molecule has 1 fully saturated rings. The van der Waals surface area contributed by atoms with Gasteiger partial charge in [-0.2, -0.15) is 0 Å². The second-order valence-electron chi connectivity index (χ2n) is 4.78. The van der Waals surface area contributed by atoms with Crippen LogP contribution in [0.25, 0.3) is 0 Å². The normalized spacial score (nSPS) is 16.8. The van der Waals surface area contributed by atoms with Gasteiger partial charge in [-0.3, -0.25) is 5.21 Å². The Hall–Kier alpha value is -0.810. The molecule has 0 saturated carbocycles. The van der Waals surface area contributed by atoms with E-state index in [1.807, 2.05) is 4.57 Å². The Bertz CT molecular complexity index is 426. The lowest BCUT2D eigenvalue weighted by Gasteiger charge is -2.29. The van der Waals surface area contributed by atoms with Crippen LogP contribution >= 0.6 is 12.2 Å². The minimum absolute atomic E-state index is 0.0553. The first-order chi connectivity index (χ1) is 9.62. The molecule has 8 nitrogen and oxygen atoms in total. The number of imidazole rings is 1. The molecule has 1 aromatic rings. The molecular weight excluding hydrogens is 284 g/mol. The van der Waals surface area contributed by atoms with E-state index in [2.05, 4.69) is 21.9 Å². The highest BCUT2D eigenvalue weighted by molar-refractivity contribution is 7.71. The van der Waals surface area contributed by atoms with Crippen LogP contribution in [0, 0.1) is 10.7 Å². The number of piperidine rings is 1. The van der Waals surface area contributed by atoms with Gasteiger partial charge in [0, 0.05) is 12.7 Å². The molecule has 20 heavy (non-hydrogen) atoms. The molecule has 1 aromatic heterocycles. The lowest BCUT2D eigenvalue weighted by atomic mass is 9.97. The first kappa shape index (κ1) is 17.2. The maximum atomic E-state index is 9.21. The minimum atomic E-state index is 0.0553. The maximum Gasteiger partial charge on any atom is 0.177 e. The Labute approximate surface area is 122 Å². The third kappa shape index (κ3) is 5.29. The van der Waals surface area contributed by atoms with Gasteiger partial charge in [0.2, 0.25) is 0 Å². The maximum absolute atomic E-state index is 9.21. The third-order valence-electron chi connectivity index (χ3n) is 3.44. The Morgan fingerprint density at radius 3 is 2.60 bits per heavy atom. The number of nitrogens with zero attached hydrogens (tertiary/aromatic N) is 2. The highest BCUT2D eigenvalue weighted by Gasteiger charge is 2.18. The molecule has 0 spiro atoms. The van der Waals surface area contributed by atoms with E-state index in [9.17, 15) is 5.11 Å². The van der Waals surface area contributed by atoms with Crippen molar-refractivity contribution in [2.45, 2.75) is 26.0 Å².